The Morgan fingerprint density at radius 3 is 2.94 bits per heavy atom. The van der Waals surface area contributed by atoms with Crippen LogP contribution in [0.4, 0.5) is 10.7 Å². The Labute approximate surface area is 95.0 Å². The fraction of sp³-hybridized carbons (Fsp3) is 0.222. The van der Waals surface area contributed by atoms with Gasteiger partial charge in [0.1, 0.15) is 5.65 Å². The minimum atomic E-state index is -0.832. The van der Waals surface area contributed by atoms with E-state index in [0.29, 0.717) is 23.1 Å². The van der Waals surface area contributed by atoms with Crippen LogP contribution in [0.5, 0.6) is 0 Å². The molecular weight excluding hydrogens is 226 g/mol. The van der Waals surface area contributed by atoms with E-state index in [-0.39, 0.29) is 18.1 Å². The molecule has 0 unspecified atom stereocenters. The van der Waals surface area contributed by atoms with E-state index in [1.54, 1.807) is 6.07 Å². The van der Waals surface area contributed by atoms with E-state index in [0.717, 1.165) is 0 Å². The van der Waals surface area contributed by atoms with Crippen LogP contribution in [0.25, 0.3) is 11.0 Å². The van der Waals surface area contributed by atoms with Gasteiger partial charge in [-0.05, 0) is 6.07 Å². The molecule has 0 saturated heterocycles. The third-order valence-electron chi connectivity index (χ3n) is 2.19. The van der Waals surface area contributed by atoms with Gasteiger partial charge in [-0.15, -0.1) is 0 Å². The van der Waals surface area contributed by atoms with Crippen molar-refractivity contribution in [2.24, 2.45) is 5.73 Å². The van der Waals surface area contributed by atoms with Gasteiger partial charge in [-0.2, -0.15) is 4.98 Å². The quantitative estimate of drug-likeness (QED) is 0.568. The third-order valence-corrected chi connectivity index (χ3v) is 2.19. The Morgan fingerprint density at radius 2 is 2.24 bits per heavy atom. The number of amides is 1. The summed E-state index contributed by atoms with van der Waals surface area (Å²) in [4.78, 5) is 31.1. The van der Waals surface area contributed by atoms with Crippen molar-refractivity contribution in [2.75, 3.05) is 12.3 Å². The summed E-state index contributed by atoms with van der Waals surface area (Å²) in [6, 6.07) is 1.63. The van der Waals surface area contributed by atoms with Crippen molar-refractivity contribution in [3.63, 3.8) is 0 Å². The number of ether oxygens (including phenoxy) is 1. The van der Waals surface area contributed by atoms with Gasteiger partial charge in [-0.25, -0.2) is 4.79 Å². The molecule has 90 valence electrons. The van der Waals surface area contributed by atoms with Crippen molar-refractivity contribution in [2.45, 2.75) is 6.42 Å². The van der Waals surface area contributed by atoms with Crippen molar-refractivity contribution >= 4 is 23.1 Å². The molecule has 0 aliphatic carbocycles. The van der Waals surface area contributed by atoms with Gasteiger partial charge in [0, 0.05) is 12.1 Å². The predicted molar refractivity (Wildman–Crippen MR) is 60.4 cm³/mol. The average molecular weight is 237 g/mol. The standard InChI is InChI=1S/C9H11N5O3/c10-8-13-6-5(7(15)14-8)3-4(12-6)1-2-17-9(11)16/h3H,1-2H2,(H2,11,16)(H4,10,12,13,14,15). The number of aromatic nitrogens is 3. The lowest BCUT2D eigenvalue weighted by Gasteiger charge is -1.98. The van der Waals surface area contributed by atoms with E-state index in [1.165, 1.54) is 0 Å². The molecule has 0 fully saturated rings. The fourth-order valence-corrected chi connectivity index (χ4v) is 1.49. The topological polar surface area (TPSA) is 140 Å². The van der Waals surface area contributed by atoms with Crippen LogP contribution in [0, 0.1) is 0 Å². The number of hydrogen-bond donors (Lipinski definition) is 4. The molecule has 6 N–H and O–H groups in total. The highest BCUT2D eigenvalue weighted by molar-refractivity contribution is 5.76. The number of hydrogen-bond acceptors (Lipinski definition) is 5. The number of anilines is 1. The van der Waals surface area contributed by atoms with Crippen LogP contribution in [0.15, 0.2) is 10.9 Å². The first-order chi connectivity index (χ1) is 8.06. The number of H-pyrrole nitrogens is 2. The molecule has 8 heteroatoms. The van der Waals surface area contributed by atoms with Crippen LogP contribution < -0.4 is 17.0 Å². The van der Waals surface area contributed by atoms with E-state index < -0.39 is 6.09 Å². The summed E-state index contributed by atoms with van der Waals surface area (Å²) in [6.07, 6.45) is -0.417. The number of nitrogens with two attached hydrogens (primary N) is 2. The zero-order valence-electron chi connectivity index (χ0n) is 8.82. The predicted octanol–water partition coefficient (Wildman–Crippen LogP) is -0.529. The van der Waals surface area contributed by atoms with Gasteiger partial charge in [0.2, 0.25) is 5.95 Å². The second-order valence-corrected chi connectivity index (χ2v) is 3.43. The number of carbonyl (C=O) groups is 1. The molecule has 0 aromatic carbocycles. The third kappa shape index (κ3) is 2.36. The number of primary amides is 1. The molecule has 2 heterocycles. The Bertz CT molecular complexity index is 615. The summed E-state index contributed by atoms with van der Waals surface area (Å²) in [5, 5.41) is 0.410. The van der Waals surface area contributed by atoms with Crippen LogP contribution in [0.2, 0.25) is 0 Å². The molecule has 8 nitrogen and oxygen atoms in total. The second-order valence-electron chi connectivity index (χ2n) is 3.43. The van der Waals surface area contributed by atoms with Crippen molar-refractivity contribution in [1.29, 1.82) is 0 Å². The van der Waals surface area contributed by atoms with Gasteiger partial charge >= 0.3 is 6.09 Å². The molecule has 2 rings (SSSR count). The monoisotopic (exact) mass is 237 g/mol. The lowest BCUT2D eigenvalue weighted by molar-refractivity contribution is 0.158. The first kappa shape index (κ1) is 11.0. The number of rotatable bonds is 3. The molecule has 0 radical (unpaired) electrons. The maximum absolute atomic E-state index is 11.5. The molecule has 2 aromatic rings. The maximum Gasteiger partial charge on any atom is 0.404 e. The summed E-state index contributed by atoms with van der Waals surface area (Å²) < 4.78 is 4.58. The van der Waals surface area contributed by atoms with Crippen LogP contribution >= 0.6 is 0 Å². The number of nitrogen functional groups attached to an aromatic ring is 1. The lowest BCUT2D eigenvalue weighted by Crippen LogP contribution is -2.14. The molecule has 2 aromatic heterocycles. The van der Waals surface area contributed by atoms with Crippen molar-refractivity contribution < 1.29 is 9.53 Å². The van der Waals surface area contributed by atoms with E-state index in [1.807, 2.05) is 0 Å². The number of nitrogens with zero attached hydrogens (tertiary/aromatic N) is 1. The highest BCUT2D eigenvalue weighted by atomic mass is 16.5. The molecule has 0 atom stereocenters. The molecule has 0 bridgehead atoms. The summed E-state index contributed by atoms with van der Waals surface area (Å²) in [7, 11) is 0. The first-order valence-electron chi connectivity index (χ1n) is 4.86. The largest absolute Gasteiger partial charge is 0.449 e. The van der Waals surface area contributed by atoms with E-state index in [2.05, 4.69) is 19.7 Å². The molecule has 0 aliphatic heterocycles. The number of carbonyl (C=O) groups excluding carboxylic acids is 1. The molecule has 1 amide bonds. The van der Waals surface area contributed by atoms with Gasteiger partial charge in [0.15, 0.2) is 0 Å². The minimum Gasteiger partial charge on any atom is -0.449 e. The van der Waals surface area contributed by atoms with E-state index in [4.69, 9.17) is 11.5 Å². The summed E-state index contributed by atoms with van der Waals surface area (Å²) in [5.41, 5.74) is 11.0. The van der Waals surface area contributed by atoms with Crippen LogP contribution in [0.3, 0.4) is 0 Å². The molecule has 0 spiro atoms. The molecule has 0 aliphatic rings. The average Bonchev–Trinajstić information content (AvgIpc) is 2.60. The molecule has 17 heavy (non-hydrogen) atoms. The Balaban J connectivity index is 2.23. The number of aromatic amines is 2. The van der Waals surface area contributed by atoms with Gasteiger partial charge in [0.05, 0.1) is 12.0 Å². The Morgan fingerprint density at radius 1 is 1.47 bits per heavy atom. The van der Waals surface area contributed by atoms with Crippen LogP contribution in [-0.4, -0.2) is 27.7 Å². The minimum absolute atomic E-state index is 0.0456. The van der Waals surface area contributed by atoms with Crippen molar-refractivity contribution in [1.82, 2.24) is 15.0 Å². The van der Waals surface area contributed by atoms with Gasteiger partial charge in [-0.3, -0.25) is 9.78 Å². The fourth-order valence-electron chi connectivity index (χ4n) is 1.49. The highest BCUT2D eigenvalue weighted by Gasteiger charge is 2.07. The van der Waals surface area contributed by atoms with Crippen LogP contribution in [0.1, 0.15) is 5.69 Å². The highest BCUT2D eigenvalue weighted by Crippen LogP contribution is 2.09. The van der Waals surface area contributed by atoms with Crippen molar-refractivity contribution in [3.8, 4) is 0 Å². The summed E-state index contributed by atoms with van der Waals surface area (Å²) in [6.45, 7) is 0.134. The van der Waals surface area contributed by atoms with Crippen molar-refractivity contribution in [3.05, 3.63) is 22.1 Å². The molecule has 0 saturated carbocycles. The smallest absolute Gasteiger partial charge is 0.404 e. The van der Waals surface area contributed by atoms with Gasteiger partial charge < -0.3 is 21.2 Å². The normalized spacial score (nSPS) is 10.6. The Kier molecular flexibility index (Phi) is 2.69. The van der Waals surface area contributed by atoms with Gasteiger partial charge in [-0.1, -0.05) is 0 Å². The zero-order chi connectivity index (χ0) is 12.4. The van der Waals surface area contributed by atoms with Crippen LogP contribution in [-0.2, 0) is 11.2 Å². The number of fused-ring (bicyclic) bond motifs is 1. The molecular formula is C9H11N5O3. The Hall–Kier alpha value is -2.51. The van der Waals surface area contributed by atoms with E-state index >= 15 is 0 Å². The van der Waals surface area contributed by atoms with Gasteiger partial charge in [0.25, 0.3) is 5.56 Å². The van der Waals surface area contributed by atoms with E-state index in [9.17, 15) is 9.59 Å². The SMILES string of the molecule is NC(=O)OCCc1cc2c(=O)[nH]c(N)nc2[nH]1. The lowest BCUT2D eigenvalue weighted by atomic mass is 10.3. The second kappa shape index (κ2) is 4.16. The summed E-state index contributed by atoms with van der Waals surface area (Å²) >= 11 is 0. The summed E-state index contributed by atoms with van der Waals surface area (Å²) in [5.74, 6) is 0.0456. The first-order valence-corrected chi connectivity index (χ1v) is 4.86. The zero-order valence-corrected chi connectivity index (χ0v) is 8.82. The number of nitrogens with one attached hydrogen (secondary N) is 2. The maximum atomic E-state index is 11.5.